The van der Waals surface area contributed by atoms with Crippen molar-refractivity contribution in [3.63, 3.8) is 0 Å². The maximum absolute atomic E-state index is 14.4. The topological polar surface area (TPSA) is 195 Å². The Balaban J connectivity index is 0.940. The highest BCUT2D eigenvalue weighted by atomic mass is 16.6. The number of aromatic amines is 1. The number of aliphatic hydroxyl groups excluding tert-OH is 2. The number of allylic oxidation sites excluding steroid dienone is 5. The summed E-state index contributed by atoms with van der Waals surface area (Å²) >= 11 is 0. The molecule has 4 heterocycles. The summed E-state index contributed by atoms with van der Waals surface area (Å²) in [5.74, 6) is 1.75. The van der Waals surface area contributed by atoms with Gasteiger partial charge in [0.1, 0.15) is 17.9 Å². The molecule has 3 aliphatic carbocycles. The SMILES string of the molecule is COC(=O)N=CC(C(=O)N1CC(COCC2C=CC2)CC1C1=NC2C3=CC=C(c4ccc5c(ccc6[nH]c(C7CC(C)CN7C(O)C(NC(O)OC)C(C)C)nc65)c4)CC3C=CC2N1)C(C)OC. The Bertz CT molecular complexity index is 2530. The quantitative estimate of drug-likeness (QED) is 0.0613. The number of aliphatic imine (C=N–C) groups is 2. The van der Waals surface area contributed by atoms with Crippen molar-refractivity contribution in [2.75, 3.05) is 47.6 Å². The number of hydrogen-bond acceptors (Lipinski definition) is 13. The Morgan fingerprint density at radius 2 is 1.82 bits per heavy atom. The van der Waals surface area contributed by atoms with Gasteiger partial charge in [-0.15, -0.1) is 0 Å². The van der Waals surface area contributed by atoms with Crippen LogP contribution in [0.3, 0.4) is 0 Å². The monoisotopic (exact) mass is 933 g/mol. The fraction of sp³-hybridized carbons (Fsp3) is 0.558. The molecule has 16 heteroatoms. The number of H-pyrrole nitrogens is 1. The van der Waals surface area contributed by atoms with Crippen molar-refractivity contribution in [3.05, 3.63) is 83.7 Å². The number of rotatable bonds is 17. The molecule has 3 aliphatic heterocycles. The number of imidazole rings is 1. The van der Waals surface area contributed by atoms with E-state index in [1.54, 1.807) is 14.0 Å². The van der Waals surface area contributed by atoms with E-state index in [2.05, 4.69) is 99.2 Å². The maximum Gasteiger partial charge on any atom is 0.432 e. The van der Waals surface area contributed by atoms with Crippen LogP contribution in [0.2, 0.25) is 0 Å². The van der Waals surface area contributed by atoms with Crippen molar-refractivity contribution in [2.24, 2.45) is 45.5 Å². The molecule has 0 spiro atoms. The van der Waals surface area contributed by atoms with Crippen molar-refractivity contribution < 1.29 is 38.7 Å². The molecule has 0 bridgehead atoms. The standard InChI is InChI=1S/C52H68N8O8/c1-28(2)44(58-52(64)67-7)50(62)59-24-29(3)19-42(59)47-54-40-17-13-35-21-33(11-15-37(35)45(40)56-47)34-12-16-38-36(22-34)14-18-41-46(38)57-48(55-41)43-20-32(27-68-26-31-9-8-10-31)25-60(43)49(61)39(30(4)65-5)23-53-51(63)66-6/h8-9,11-18,21,23,28-32,36,39,41-44,46,50,52,58,62,64H,10,19-20,22,24-27H2,1-7H3,(H,54,56)(H,55,57). The van der Waals surface area contributed by atoms with Crippen LogP contribution in [0.4, 0.5) is 4.79 Å². The molecular weight excluding hydrogens is 865 g/mol. The first kappa shape index (κ1) is 48.0. The van der Waals surface area contributed by atoms with E-state index in [1.807, 2.05) is 18.7 Å². The van der Waals surface area contributed by atoms with Gasteiger partial charge in [0, 0.05) is 56.7 Å². The predicted octanol–water partition coefficient (Wildman–Crippen LogP) is 5.89. The van der Waals surface area contributed by atoms with Crippen LogP contribution in [0.1, 0.15) is 70.8 Å². The summed E-state index contributed by atoms with van der Waals surface area (Å²) < 4.78 is 21.6. The van der Waals surface area contributed by atoms with Crippen LogP contribution in [0.15, 0.2) is 82.3 Å². The van der Waals surface area contributed by atoms with Gasteiger partial charge in [0.2, 0.25) is 12.3 Å². The number of carbonyl (C=O) groups excluding carboxylic acids is 2. The largest absolute Gasteiger partial charge is 0.451 e. The average Bonchev–Trinajstić information content (AvgIpc) is 4.15. The molecule has 2 aromatic carbocycles. The van der Waals surface area contributed by atoms with Crippen molar-refractivity contribution >= 4 is 51.4 Å². The van der Waals surface area contributed by atoms with Crippen molar-refractivity contribution in [3.8, 4) is 0 Å². The summed E-state index contributed by atoms with van der Waals surface area (Å²) in [6, 6.07) is 9.89. The third-order valence-electron chi connectivity index (χ3n) is 15.0. The van der Waals surface area contributed by atoms with Gasteiger partial charge in [0.05, 0.1) is 73.6 Å². The van der Waals surface area contributed by atoms with E-state index in [1.165, 1.54) is 31.6 Å². The number of fused-ring (bicyclic) bond motifs is 6. The van der Waals surface area contributed by atoms with E-state index in [0.29, 0.717) is 44.6 Å². The number of hydrogen-bond donors (Lipinski definition) is 5. The lowest BCUT2D eigenvalue weighted by atomic mass is 9.76. The van der Waals surface area contributed by atoms with Crippen LogP contribution in [0, 0.1) is 35.5 Å². The molecule has 2 fully saturated rings. The normalized spacial score (nSPS) is 29.0. The summed E-state index contributed by atoms with van der Waals surface area (Å²) in [4.78, 5) is 48.5. The molecule has 16 nitrogen and oxygen atoms in total. The Morgan fingerprint density at radius 3 is 2.56 bits per heavy atom. The number of aliphatic hydroxyl groups is 2. The number of methoxy groups -OCH3 is 3. The predicted molar refractivity (Wildman–Crippen MR) is 262 cm³/mol. The number of amides is 2. The van der Waals surface area contributed by atoms with E-state index < -0.39 is 36.8 Å². The highest BCUT2D eigenvalue weighted by molar-refractivity contribution is 6.05. The minimum atomic E-state index is -1.18. The molecule has 13 unspecified atom stereocenters. The second-order valence-electron chi connectivity index (χ2n) is 20.0. The first-order valence-electron chi connectivity index (χ1n) is 24.3. The summed E-state index contributed by atoms with van der Waals surface area (Å²) in [5, 5.41) is 30.8. The third-order valence-corrected chi connectivity index (χ3v) is 15.0. The van der Waals surface area contributed by atoms with Crippen LogP contribution in [0.5, 0.6) is 0 Å². The second kappa shape index (κ2) is 20.5. The molecule has 3 aromatic rings. The van der Waals surface area contributed by atoms with Gasteiger partial charge >= 0.3 is 6.09 Å². The zero-order valence-corrected chi connectivity index (χ0v) is 40.2. The molecule has 0 radical (unpaired) electrons. The lowest BCUT2D eigenvalue weighted by Gasteiger charge is -2.37. The maximum atomic E-state index is 14.4. The van der Waals surface area contributed by atoms with Crippen LogP contribution in [0.25, 0.3) is 27.4 Å². The Morgan fingerprint density at radius 1 is 1.00 bits per heavy atom. The van der Waals surface area contributed by atoms with Gasteiger partial charge in [-0.3, -0.25) is 20.0 Å². The minimum Gasteiger partial charge on any atom is -0.451 e. The Hall–Kier alpha value is -5.07. The molecule has 0 saturated carbocycles. The fourth-order valence-electron chi connectivity index (χ4n) is 11.0. The van der Waals surface area contributed by atoms with Gasteiger partial charge in [-0.05, 0) is 78.7 Å². The Labute approximate surface area is 398 Å². The molecule has 364 valence electrons. The van der Waals surface area contributed by atoms with Gasteiger partial charge in [0.15, 0.2) is 0 Å². The minimum absolute atomic E-state index is 0.0313. The highest BCUT2D eigenvalue weighted by Crippen LogP contribution is 2.42. The summed E-state index contributed by atoms with van der Waals surface area (Å²) in [6.07, 6.45) is 14.8. The fourth-order valence-corrected chi connectivity index (χ4v) is 11.0. The average molecular weight is 933 g/mol. The van der Waals surface area contributed by atoms with Crippen molar-refractivity contribution in [2.45, 2.75) is 102 Å². The van der Waals surface area contributed by atoms with Crippen LogP contribution >= 0.6 is 0 Å². The smallest absolute Gasteiger partial charge is 0.432 e. The van der Waals surface area contributed by atoms with E-state index in [9.17, 15) is 19.8 Å². The molecule has 1 aromatic heterocycles. The molecule has 13 atom stereocenters. The first-order valence-corrected chi connectivity index (χ1v) is 24.3. The molecular formula is C52H68N8O8. The lowest BCUT2D eigenvalue weighted by Crippen LogP contribution is -2.55. The number of amidine groups is 1. The van der Waals surface area contributed by atoms with Crippen LogP contribution in [-0.2, 0) is 23.7 Å². The first-order chi connectivity index (χ1) is 32.8. The number of likely N-dealkylation sites (tertiary alicyclic amines) is 2. The van der Waals surface area contributed by atoms with Crippen molar-refractivity contribution in [1.29, 1.82) is 0 Å². The van der Waals surface area contributed by atoms with Gasteiger partial charge in [0.25, 0.3) is 0 Å². The highest BCUT2D eigenvalue weighted by Gasteiger charge is 2.46. The van der Waals surface area contributed by atoms with Gasteiger partial charge in [-0.25, -0.2) is 9.78 Å². The van der Waals surface area contributed by atoms with Crippen LogP contribution in [-0.4, -0.2) is 145 Å². The lowest BCUT2D eigenvalue weighted by molar-refractivity contribution is -0.136. The third kappa shape index (κ3) is 9.74. The van der Waals surface area contributed by atoms with E-state index in [0.717, 1.165) is 58.3 Å². The van der Waals surface area contributed by atoms with Gasteiger partial charge in [-0.1, -0.05) is 75.4 Å². The number of nitrogens with zero attached hydrogens (tertiary/aromatic N) is 5. The molecule has 68 heavy (non-hydrogen) atoms. The number of benzene rings is 2. The number of nitrogens with one attached hydrogen (secondary N) is 3. The van der Waals surface area contributed by atoms with Gasteiger partial charge < -0.3 is 44.4 Å². The van der Waals surface area contributed by atoms with Crippen LogP contribution < -0.4 is 10.6 Å². The van der Waals surface area contributed by atoms with E-state index in [4.69, 9.17) is 28.9 Å². The zero-order valence-electron chi connectivity index (χ0n) is 40.2. The number of aromatic nitrogens is 2. The van der Waals surface area contributed by atoms with E-state index in [-0.39, 0.29) is 47.8 Å². The molecule has 9 rings (SSSR count). The molecule has 5 N–H and O–H groups in total. The van der Waals surface area contributed by atoms with Gasteiger partial charge in [-0.2, -0.15) is 4.99 Å². The Kier molecular flexibility index (Phi) is 14.5. The van der Waals surface area contributed by atoms with E-state index >= 15 is 0 Å². The summed E-state index contributed by atoms with van der Waals surface area (Å²) in [6.45, 7) is 10.4. The van der Waals surface area contributed by atoms with Crippen molar-refractivity contribution in [1.82, 2.24) is 30.4 Å². The second-order valence-corrected chi connectivity index (χ2v) is 20.0. The summed E-state index contributed by atoms with van der Waals surface area (Å²) in [5.41, 5.74) is 5.51. The number of carbonyl (C=O) groups is 2. The molecule has 2 amide bonds. The molecule has 2 saturated heterocycles. The zero-order chi connectivity index (χ0) is 47.8. The number of ether oxygens (including phenoxy) is 4. The summed E-state index contributed by atoms with van der Waals surface area (Å²) in [7, 11) is 4.23. The molecule has 6 aliphatic rings.